The molecule has 5 nitrogen and oxygen atoms in total. The number of nitrogens with zero attached hydrogens (tertiary/aromatic N) is 1. The maximum atomic E-state index is 13.1. The van der Waals surface area contributed by atoms with E-state index < -0.39 is 21.8 Å². The Labute approximate surface area is 167 Å². The largest absolute Gasteiger partial charge is 0.324 e. The highest BCUT2D eigenvalue weighted by molar-refractivity contribution is 7.89. The summed E-state index contributed by atoms with van der Waals surface area (Å²) >= 11 is 12.0. The zero-order chi connectivity index (χ0) is 19.6. The van der Waals surface area contributed by atoms with E-state index in [0.29, 0.717) is 35.1 Å². The lowest BCUT2D eigenvalue weighted by atomic mass is 9.99. The van der Waals surface area contributed by atoms with Crippen LogP contribution in [0.4, 0.5) is 10.1 Å². The molecule has 144 valence electrons. The van der Waals surface area contributed by atoms with Crippen LogP contribution < -0.4 is 5.32 Å². The van der Waals surface area contributed by atoms with Gasteiger partial charge >= 0.3 is 0 Å². The molecule has 0 aromatic heterocycles. The van der Waals surface area contributed by atoms with Gasteiger partial charge < -0.3 is 5.32 Å². The van der Waals surface area contributed by atoms with E-state index in [1.54, 1.807) is 12.1 Å². The lowest BCUT2D eigenvalue weighted by Gasteiger charge is -2.31. The molecule has 3 rings (SSSR count). The summed E-state index contributed by atoms with van der Waals surface area (Å²) in [6.07, 6.45) is 1.10. The number of sulfonamides is 1. The van der Waals surface area contributed by atoms with Gasteiger partial charge in [0.15, 0.2) is 0 Å². The van der Waals surface area contributed by atoms with E-state index in [4.69, 9.17) is 23.2 Å². The molecule has 0 unspecified atom stereocenters. The molecule has 0 spiro atoms. The first-order valence-corrected chi connectivity index (χ1v) is 10.5. The van der Waals surface area contributed by atoms with Crippen molar-refractivity contribution in [2.45, 2.75) is 17.7 Å². The third-order valence-corrected chi connectivity index (χ3v) is 6.84. The highest BCUT2D eigenvalue weighted by atomic mass is 35.5. The molecule has 1 heterocycles. The molecule has 1 atom stereocenters. The fourth-order valence-electron chi connectivity index (χ4n) is 2.96. The zero-order valence-electron chi connectivity index (χ0n) is 14.2. The molecule has 1 amide bonds. The van der Waals surface area contributed by atoms with E-state index in [0.717, 1.165) is 12.1 Å². The van der Waals surface area contributed by atoms with Crippen LogP contribution in [-0.2, 0) is 14.8 Å². The van der Waals surface area contributed by atoms with Gasteiger partial charge in [-0.2, -0.15) is 4.31 Å². The second-order valence-corrected chi connectivity index (χ2v) is 9.05. The average Bonchev–Trinajstić information content (AvgIpc) is 2.65. The van der Waals surface area contributed by atoms with Crippen LogP contribution in [0.3, 0.4) is 0 Å². The molecule has 0 saturated carbocycles. The van der Waals surface area contributed by atoms with Gasteiger partial charge in [-0.15, -0.1) is 0 Å². The minimum absolute atomic E-state index is 0.00263. The minimum Gasteiger partial charge on any atom is -0.324 e. The molecule has 0 aliphatic carbocycles. The second-order valence-electron chi connectivity index (χ2n) is 6.27. The Morgan fingerprint density at radius 1 is 1.15 bits per heavy atom. The third-order valence-electron chi connectivity index (χ3n) is 4.39. The van der Waals surface area contributed by atoms with E-state index in [9.17, 15) is 17.6 Å². The highest BCUT2D eigenvalue weighted by Crippen LogP contribution is 2.28. The first-order valence-electron chi connectivity index (χ1n) is 8.29. The van der Waals surface area contributed by atoms with Crippen LogP contribution >= 0.6 is 23.2 Å². The predicted octanol–water partition coefficient (Wildman–Crippen LogP) is 4.17. The molecular formula is C18H17Cl2FN2O3S. The molecule has 27 heavy (non-hydrogen) atoms. The molecule has 0 radical (unpaired) electrons. The van der Waals surface area contributed by atoms with Gasteiger partial charge in [-0.3, -0.25) is 4.79 Å². The SMILES string of the molecule is O=C(Nc1cc(Cl)ccc1Cl)[C@H]1CCCN(S(=O)(=O)c2ccc(F)cc2)C1. The lowest BCUT2D eigenvalue weighted by molar-refractivity contribution is -0.120. The molecule has 9 heteroatoms. The Kier molecular flexibility index (Phi) is 6.05. The van der Waals surface area contributed by atoms with Crippen LogP contribution in [0, 0.1) is 11.7 Å². The Bertz CT molecular complexity index is 952. The van der Waals surface area contributed by atoms with E-state index in [2.05, 4.69) is 5.32 Å². The van der Waals surface area contributed by atoms with Gasteiger partial charge in [0.05, 0.1) is 21.5 Å². The summed E-state index contributed by atoms with van der Waals surface area (Å²) in [6.45, 7) is 0.352. The molecule has 2 aromatic carbocycles. The fraction of sp³-hybridized carbons (Fsp3) is 0.278. The summed E-state index contributed by atoms with van der Waals surface area (Å²) in [6, 6.07) is 9.37. The van der Waals surface area contributed by atoms with Gasteiger partial charge in [0.2, 0.25) is 15.9 Å². The number of carbonyl (C=O) groups is 1. The van der Waals surface area contributed by atoms with Crippen LogP contribution in [0.2, 0.25) is 10.0 Å². The predicted molar refractivity (Wildman–Crippen MR) is 103 cm³/mol. The molecule has 0 bridgehead atoms. The van der Waals surface area contributed by atoms with E-state index in [1.807, 2.05) is 0 Å². The number of hydrogen-bond acceptors (Lipinski definition) is 3. The van der Waals surface area contributed by atoms with Gasteiger partial charge in [0.25, 0.3) is 0 Å². The number of benzene rings is 2. The fourth-order valence-corrected chi connectivity index (χ4v) is 4.82. The van der Waals surface area contributed by atoms with Gasteiger partial charge in [0, 0.05) is 18.1 Å². The molecule has 1 fully saturated rings. The minimum atomic E-state index is -3.79. The molecular weight excluding hydrogens is 414 g/mol. The van der Waals surface area contributed by atoms with Crippen molar-refractivity contribution in [3.05, 3.63) is 58.3 Å². The van der Waals surface area contributed by atoms with Crippen molar-refractivity contribution in [2.24, 2.45) is 5.92 Å². The summed E-state index contributed by atoms with van der Waals surface area (Å²) < 4.78 is 39.8. The number of nitrogens with one attached hydrogen (secondary N) is 1. The number of amides is 1. The van der Waals surface area contributed by atoms with Crippen molar-refractivity contribution in [1.29, 1.82) is 0 Å². The Balaban J connectivity index is 1.74. The number of carbonyl (C=O) groups excluding carboxylic acids is 1. The quantitative estimate of drug-likeness (QED) is 0.790. The van der Waals surface area contributed by atoms with Crippen LogP contribution in [0.1, 0.15) is 12.8 Å². The van der Waals surface area contributed by atoms with Crippen molar-refractivity contribution in [1.82, 2.24) is 4.31 Å². The molecule has 1 aliphatic heterocycles. The number of hydrogen-bond donors (Lipinski definition) is 1. The van der Waals surface area contributed by atoms with Gasteiger partial charge in [-0.1, -0.05) is 23.2 Å². The van der Waals surface area contributed by atoms with Crippen LogP contribution in [0.5, 0.6) is 0 Å². The number of anilines is 1. The van der Waals surface area contributed by atoms with Gasteiger partial charge in [0.1, 0.15) is 5.82 Å². The zero-order valence-corrected chi connectivity index (χ0v) is 16.5. The smallest absolute Gasteiger partial charge is 0.243 e. The van der Waals surface area contributed by atoms with E-state index in [1.165, 1.54) is 22.5 Å². The topological polar surface area (TPSA) is 66.5 Å². The van der Waals surface area contributed by atoms with Crippen LogP contribution in [0.25, 0.3) is 0 Å². The molecule has 1 saturated heterocycles. The Hall–Kier alpha value is -1.67. The first kappa shape index (κ1) is 20.1. The van der Waals surface area contributed by atoms with E-state index >= 15 is 0 Å². The number of rotatable bonds is 4. The maximum absolute atomic E-state index is 13.1. The highest BCUT2D eigenvalue weighted by Gasteiger charge is 2.33. The van der Waals surface area contributed by atoms with Crippen molar-refractivity contribution in [3.8, 4) is 0 Å². The van der Waals surface area contributed by atoms with E-state index in [-0.39, 0.29) is 17.3 Å². The van der Waals surface area contributed by atoms with Crippen LogP contribution in [0.15, 0.2) is 47.4 Å². The molecule has 1 aliphatic rings. The van der Waals surface area contributed by atoms with Gasteiger partial charge in [-0.25, -0.2) is 12.8 Å². The van der Waals surface area contributed by atoms with Crippen molar-refractivity contribution in [2.75, 3.05) is 18.4 Å². The first-order chi connectivity index (χ1) is 12.8. The summed E-state index contributed by atoms with van der Waals surface area (Å²) in [7, 11) is -3.79. The summed E-state index contributed by atoms with van der Waals surface area (Å²) in [5, 5.41) is 3.49. The van der Waals surface area contributed by atoms with Crippen LogP contribution in [-0.4, -0.2) is 31.7 Å². The maximum Gasteiger partial charge on any atom is 0.243 e. The standard InChI is InChI=1S/C18H17Cl2FN2O3S/c19-13-3-8-16(20)17(10-13)22-18(24)12-2-1-9-23(11-12)27(25,26)15-6-4-14(21)5-7-15/h3-8,10,12H,1-2,9,11H2,(H,22,24)/t12-/m0/s1. The Morgan fingerprint density at radius 2 is 1.85 bits per heavy atom. The number of piperidine rings is 1. The second kappa shape index (κ2) is 8.14. The molecule has 2 aromatic rings. The monoisotopic (exact) mass is 430 g/mol. The summed E-state index contributed by atoms with van der Waals surface area (Å²) in [5.41, 5.74) is 0.382. The van der Waals surface area contributed by atoms with Crippen molar-refractivity contribution >= 4 is 44.8 Å². The van der Waals surface area contributed by atoms with Gasteiger partial charge in [-0.05, 0) is 55.3 Å². The third kappa shape index (κ3) is 4.60. The summed E-state index contributed by atoms with van der Waals surface area (Å²) in [5.74, 6) is -1.36. The number of halogens is 3. The summed E-state index contributed by atoms with van der Waals surface area (Å²) in [4.78, 5) is 12.6. The lowest BCUT2D eigenvalue weighted by Crippen LogP contribution is -2.43. The van der Waals surface area contributed by atoms with Crippen molar-refractivity contribution < 1.29 is 17.6 Å². The normalized spacial score (nSPS) is 18.3. The Morgan fingerprint density at radius 3 is 2.56 bits per heavy atom. The molecule has 1 N–H and O–H groups in total. The average molecular weight is 431 g/mol. The van der Waals surface area contributed by atoms with Crippen molar-refractivity contribution in [3.63, 3.8) is 0 Å².